The van der Waals surface area contributed by atoms with Crippen LogP contribution in [0.4, 0.5) is 11.5 Å². The van der Waals surface area contributed by atoms with E-state index in [1.165, 1.54) is 32.1 Å². The van der Waals surface area contributed by atoms with E-state index >= 15 is 0 Å². The van der Waals surface area contributed by atoms with Gasteiger partial charge in [-0.15, -0.1) is 0 Å². The van der Waals surface area contributed by atoms with Gasteiger partial charge in [0, 0.05) is 6.04 Å². The normalized spacial score (nSPS) is 17.6. The van der Waals surface area contributed by atoms with Gasteiger partial charge in [0.05, 0.1) is 17.4 Å². The third-order valence-corrected chi connectivity index (χ3v) is 4.16. The topological polar surface area (TPSA) is 94.0 Å². The van der Waals surface area contributed by atoms with Crippen molar-refractivity contribution < 1.29 is 4.79 Å². The van der Waals surface area contributed by atoms with Crippen molar-refractivity contribution in [3.05, 3.63) is 17.8 Å². The van der Waals surface area contributed by atoms with Crippen LogP contribution in [0.2, 0.25) is 0 Å². The largest absolute Gasteiger partial charge is 0.397 e. The molecule has 20 heavy (non-hydrogen) atoms. The Labute approximate surface area is 120 Å². The molecule has 1 fully saturated rings. The number of nitrogens with zero attached hydrogens (tertiary/aromatic N) is 1. The van der Waals surface area contributed by atoms with E-state index in [-0.39, 0.29) is 0 Å². The van der Waals surface area contributed by atoms with Gasteiger partial charge in [0.25, 0.3) is 5.91 Å². The summed E-state index contributed by atoms with van der Waals surface area (Å²) in [5, 5.41) is 3.41. The van der Waals surface area contributed by atoms with Crippen molar-refractivity contribution in [3.8, 4) is 0 Å². The molecule has 1 aromatic heterocycles. The van der Waals surface area contributed by atoms with Gasteiger partial charge >= 0.3 is 0 Å². The van der Waals surface area contributed by atoms with Crippen LogP contribution < -0.4 is 16.8 Å². The second-order valence-corrected chi connectivity index (χ2v) is 5.59. The van der Waals surface area contributed by atoms with E-state index < -0.39 is 5.91 Å². The van der Waals surface area contributed by atoms with E-state index in [0.29, 0.717) is 29.0 Å². The lowest BCUT2D eigenvalue weighted by molar-refractivity contribution is 0.100. The number of amides is 1. The van der Waals surface area contributed by atoms with Gasteiger partial charge < -0.3 is 16.8 Å². The summed E-state index contributed by atoms with van der Waals surface area (Å²) in [5.41, 5.74) is 11.9. The fourth-order valence-corrected chi connectivity index (χ4v) is 3.05. The molecule has 1 unspecified atom stereocenters. The number of pyridine rings is 1. The van der Waals surface area contributed by atoms with E-state index in [9.17, 15) is 4.79 Å². The highest BCUT2D eigenvalue weighted by atomic mass is 16.1. The van der Waals surface area contributed by atoms with Crippen molar-refractivity contribution in [2.75, 3.05) is 11.1 Å². The van der Waals surface area contributed by atoms with Crippen molar-refractivity contribution in [2.45, 2.75) is 51.5 Å². The Morgan fingerprint density at radius 3 is 2.75 bits per heavy atom. The molecule has 5 heteroatoms. The molecule has 0 bridgehead atoms. The van der Waals surface area contributed by atoms with Crippen LogP contribution in [0.1, 0.15) is 55.8 Å². The Morgan fingerprint density at radius 2 is 2.15 bits per heavy atom. The number of carbonyl (C=O) groups excluding carboxylic acids is 1. The Balaban J connectivity index is 2.16. The number of aromatic nitrogens is 1. The molecule has 0 spiro atoms. The molecular weight excluding hydrogens is 252 g/mol. The summed E-state index contributed by atoms with van der Waals surface area (Å²) >= 11 is 0. The van der Waals surface area contributed by atoms with E-state index in [0.717, 1.165) is 6.42 Å². The minimum Gasteiger partial charge on any atom is -0.397 e. The van der Waals surface area contributed by atoms with Gasteiger partial charge in [-0.05, 0) is 31.2 Å². The number of anilines is 2. The molecule has 110 valence electrons. The zero-order chi connectivity index (χ0) is 14.5. The summed E-state index contributed by atoms with van der Waals surface area (Å²) < 4.78 is 0. The van der Waals surface area contributed by atoms with Gasteiger partial charge in [-0.3, -0.25) is 4.79 Å². The van der Waals surface area contributed by atoms with Crippen LogP contribution >= 0.6 is 0 Å². The molecule has 1 atom stereocenters. The first-order valence-corrected chi connectivity index (χ1v) is 7.43. The molecule has 1 saturated carbocycles. The lowest BCUT2D eigenvalue weighted by Gasteiger charge is -2.31. The van der Waals surface area contributed by atoms with Crippen molar-refractivity contribution >= 4 is 17.4 Å². The maximum Gasteiger partial charge on any atom is 0.252 e. The minimum absolute atomic E-state index is 0.338. The Morgan fingerprint density at radius 1 is 1.45 bits per heavy atom. The average molecular weight is 276 g/mol. The Bertz CT molecular complexity index is 469. The van der Waals surface area contributed by atoms with E-state index in [4.69, 9.17) is 11.5 Å². The molecule has 2 rings (SSSR count). The Hall–Kier alpha value is -1.78. The fourth-order valence-electron chi connectivity index (χ4n) is 3.05. The molecule has 5 nitrogen and oxygen atoms in total. The maximum atomic E-state index is 11.5. The fraction of sp³-hybridized carbons (Fsp3) is 0.600. The highest BCUT2D eigenvalue weighted by Gasteiger charge is 2.23. The van der Waals surface area contributed by atoms with Gasteiger partial charge in [-0.25, -0.2) is 4.98 Å². The summed E-state index contributed by atoms with van der Waals surface area (Å²) in [6, 6.07) is 1.93. The van der Waals surface area contributed by atoms with E-state index in [2.05, 4.69) is 17.2 Å². The third-order valence-electron chi connectivity index (χ3n) is 4.16. The first kappa shape index (κ1) is 14.6. The first-order valence-electron chi connectivity index (χ1n) is 7.43. The quantitative estimate of drug-likeness (QED) is 0.770. The van der Waals surface area contributed by atoms with Crippen LogP contribution in [0.25, 0.3) is 0 Å². The summed E-state index contributed by atoms with van der Waals surface area (Å²) in [6.07, 6.45) is 8.97. The van der Waals surface area contributed by atoms with Crippen LogP contribution in [-0.2, 0) is 0 Å². The predicted octanol–water partition coefficient (Wildman–Crippen LogP) is 2.53. The molecule has 0 aromatic carbocycles. The van der Waals surface area contributed by atoms with Crippen LogP contribution in [0.3, 0.4) is 0 Å². The molecule has 1 aromatic rings. The summed E-state index contributed by atoms with van der Waals surface area (Å²) in [6.45, 7) is 2.16. The summed E-state index contributed by atoms with van der Waals surface area (Å²) in [5.74, 6) is 0.712. The number of nitrogen functional groups attached to an aromatic ring is 1. The standard InChI is InChI=1S/C15H24N4O/c1-2-13(10-6-4-3-5-7-10)19-15-12(14(17)20)8-11(16)9-18-15/h8-10,13H,2-7,16H2,1H3,(H2,17,20)(H,18,19). The van der Waals surface area contributed by atoms with E-state index in [1.807, 2.05) is 0 Å². The van der Waals surface area contributed by atoms with Crippen molar-refractivity contribution in [3.63, 3.8) is 0 Å². The first-order chi connectivity index (χ1) is 9.61. The second kappa shape index (κ2) is 6.59. The molecule has 0 saturated heterocycles. The molecule has 1 aliphatic rings. The van der Waals surface area contributed by atoms with Crippen molar-refractivity contribution in [1.29, 1.82) is 0 Å². The maximum absolute atomic E-state index is 11.5. The highest BCUT2D eigenvalue weighted by molar-refractivity contribution is 5.98. The molecule has 1 heterocycles. The second-order valence-electron chi connectivity index (χ2n) is 5.59. The van der Waals surface area contributed by atoms with Gasteiger partial charge in [0.15, 0.2) is 0 Å². The molecular formula is C15H24N4O. The lowest BCUT2D eigenvalue weighted by Crippen LogP contribution is -2.31. The average Bonchev–Trinajstić information content (AvgIpc) is 2.46. The predicted molar refractivity (Wildman–Crippen MR) is 81.4 cm³/mol. The van der Waals surface area contributed by atoms with Gasteiger partial charge in [0.1, 0.15) is 5.82 Å². The molecule has 1 amide bonds. The minimum atomic E-state index is -0.495. The van der Waals surface area contributed by atoms with E-state index in [1.54, 1.807) is 12.3 Å². The number of hydrogen-bond acceptors (Lipinski definition) is 4. The van der Waals surface area contributed by atoms with Crippen LogP contribution in [0.5, 0.6) is 0 Å². The van der Waals surface area contributed by atoms with Gasteiger partial charge in [0.2, 0.25) is 0 Å². The molecule has 5 N–H and O–H groups in total. The monoisotopic (exact) mass is 276 g/mol. The van der Waals surface area contributed by atoms with Gasteiger partial charge in [-0.2, -0.15) is 0 Å². The third kappa shape index (κ3) is 3.40. The van der Waals surface area contributed by atoms with Crippen LogP contribution in [0.15, 0.2) is 12.3 Å². The summed E-state index contributed by atoms with van der Waals surface area (Å²) in [4.78, 5) is 15.8. The zero-order valence-electron chi connectivity index (χ0n) is 12.1. The zero-order valence-corrected chi connectivity index (χ0v) is 12.1. The number of carbonyl (C=O) groups is 1. The molecule has 0 aliphatic heterocycles. The lowest BCUT2D eigenvalue weighted by atomic mass is 9.83. The van der Waals surface area contributed by atoms with Crippen LogP contribution in [-0.4, -0.2) is 16.9 Å². The highest BCUT2D eigenvalue weighted by Crippen LogP contribution is 2.30. The molecule has 0 radical (unpaired) electrons. The van der Waals surface area contributed by atoms with Crippen molar-refractivity contribution in [1.82, 2.24) is 4.98 Å². The SMILES string of the molecule is CCC(Nc1ncc(N)cc1C(N)=O)C1CCCCC1. The number of nitrogens with one attached hydrogen (secondary N) is 1. The Kier molecular flexibility index (Phi) is 4.82. The van der Waals surface area contributed by atoms with Crippen LogP contribution in [0, 0.1) is 5.92 Å². The summed E-state index contributed by atoms with van der Waals surface area (Å²) in [7, 11) is 0. The number of rotatable bonds is 5. The van der Waals surface area contributed by atoms with Crippen molar-refractivity contribution in [2.24, 2.45) is 11.7 Å². The smallest absolute Gasteiger partial charge is 0.252 e. The number of nitrogens with two attached hydrogens (primary N) is 2. The molecule has 1 aliphatic carbocycles. The number of hydrogen-bond donors (Lipinski definition) is 3. The number of primary amides is 1. The van der Waals surface area contributed by atoms with Gasteiger partial charge in [-0.1, -0.05) is 26.2 Å².